The predicted octanol–water partition coefficient (Wildman–Crippen LogP) is 4.41. The summed E-state index contributed by atoms with van der Waals surface area (Å²) in [4.78, 5) is 13.6. The maximum atomic E-state index is 12.9. The van der Waals surface area contributed by atoms with Crippen molar-refractivity contribution in [2.24, 2.45) is 5.92 Å². The number of nitrogens with zero attached hydrogens (tertiary/aromatic N) is 2. The maximum absolute atomic E-state index is 12.9. The number of likely N-dealkylation sites (tertiary alicyclic amines) is 1. The van der Waals surface area contributed by atoms with E-state index in [2.05, 4.69) is 5.16 Å². The Morgan fingerprint density at radius 1 is 1.33 bits per heavy atom. The van der Waals surface area contributed by atoms with Crippen molar-refractivity contribution in [1.29, 1.82) is 0 Å². The van der Waals surface area contributed by atoms with E-state index in [1.165, 1.54) is 11.0 Å². The molecule has 0 radical (unpaired) electrons. The number of hydrogen-bond donors (Lipinski definition) is 0. The van der Waals surface area contributed by atoms with Gasteiger partial charge in [-0.1, -0.05) is 28.9 Å². The molecule has 2 aromatic rings. The van der Waals surface area contributed by atoms with Crippen molar-refractivity contribution >= 4 is 17.5 Å². The zero-order chi connectivity index (χ0) is 17.3. The van der Waals surface area contributed by atoms with E-state index in [1.807, 2.05) is 0 Å². The Hall–Kier alpha value is -2.02. The van der Waals surface area contributed by atoms with Gasteiger partial charge in [-0.05, 0) is 25.0 Å². The van der Waals surface area contributed by atoms with Crippen LogP contribution in [0.25, 0.3) is 11.3 Å². The molecule has 8 heteroatoms. The summed E-state index contributed by atoms with van der Waals surface area (Å²) in [5, 5.41) is 4.19. The van der Waals surface area contributed by atoms with Crippen molar-refractivity contribution in [2.75, 3.05) is 13.1 Å². The molecule has 1 aromatic carbocycles. The first kappa shape index (κ1) is 16.8. The molecule has 1 saturated heterocycles. The monoisotopic (exact) mass is 358 g/mol. The lowest BCUT2D eigenvalue weighted by Gasteiger charge is -2.33. The molecular formula is C16H14ClF3N2O2. The van der Waals surface area contributed by atoms with Crippen molar-refractivity contribution < 1.29 is 22.5 Å². The molecule has 1 atom stereocenters. The third kappa shape index (κ3) is 3.56. The van der Waals surface area contributed by atoms with Crippen LogP contribution in [0.1, 0.15) is 23.3 Å². The Balaban J connectivity index is 1.76. The summed E-state index contributed by atoms with van der Waals surface area (Å²) >= 11 is 5.90. The van der Waals surface area contributed by atoms with E-state index in [4.69, 9.17) is 16.1 Å². The van der Waals surface area contributed by atoms with Crippen LogP contribution in [0.4, 0.5) is 13.2 Å². The van der Waals surface area contributed by atoms with Gasteiger partial charge in [-0.25, -0.2) is 0 Å². The standard InChI is InChI=1S/C16H14ClF3N2O2/c17-12-5-1-3-10(7-12)14-8-13(21-24-14)15(23)22-6-2-4-11(9-22)16(18,19)20/h1,3,5,7-8,11H,2,4,6,9H2. The summed E-state index contributed by atoms with van der Waals surface area (Å²) in [7, 11) is 0. The fourth-order valence-corrected chi connectivity index (χ4v) is 2.93. The molecular weight excluding hydrogens is 345 g/mol. The molecule has 1 amide bonds. The molecule has 1 aromatic heterocycles. The molecule has 1 aliphatic rings. The van der Waals surface area contributed by atoms with Gasteiger partial charge >= 0.3 is 6.18 Å². The van der Waals surface area contributed by atoms with E-state index in [0.29, 0.717) is 22.8 Å². The second-order valence-electron chi connectivity index (χ2n) is 5.72. The van der Waals surface area contributed by atoms with Crippen molar-refractivity contribution in [1.82, 2.24) is 10.1 Å². The van der Waals surface area contributed by atoms with Crippen LogP contribution in [0.5, 0.6) is 0 Å². The number of alkyl halides is 3. The van der Waals surface area contributed by atoms with Crippen molar-refractivity contribution in [2.45, 2.75) is 19.0 Å². The SMILES string of the molecule is O=C(c1cc(-c2cccc(Cl)c2)on1)N1CCCC(C(F)(F)F)C1. The number of rotatable bonds is 2. The molecule has 3 rings (SSSR count). The van der Waals surface area contributed by atoms with Gasteiger partial charge in [0.25, 0.3) is 5.91 Å². The maximum Gasteiger partial charge on any atom is 0.393 e. The highest BCUT2D eigenvalue weighted by Gasteiger charge is 2.43. The van der Waals surface area contributed by atoms with E-state index >= 15 is 0 Å². The van der Waals surface area contributed by atoms with Gasteiger partial charge in [0, 0.05) is 29.7 Å². The van der Waals surface area contributed by atoms with Crippen molar-refractivity contribution in [3.8, 4) is 11.3 Å². The number of carbonyl (C=O) groups is 1. The second kappa shape index (κ2) is 6.47. The van der Waals surface area contributed by atoms with Gasteiger partial charge < -0.3 is 9.42 Å². The Labute approximate surface area is 141 Å². The van der Waals surface area contributed by atoms with Crippen LogP contribution in [0.15, 0.2) is 34.9 Å². The summed E-state index contributed by atoms with van der Waals surface area (Å²) < 4.78 is 43.7. The van der Waals surface area contributed by atoms with Gasteiger partial charge in [0.2, 0.25) is 0 Å². The molecule has 4 nitrogen and oxygen atoms in total. The van der Waals surface area contributed by atoms with Gasteiger partial charge in [-0.3, -0.25) is 4.79 Å². The quantitative estimate of drug-likeness (QED) is 0.799. The fraction of sp³-hybridized carbons (Fsp3) is 0.375. The Kier molecular flexibility index (Phi) is 4.54. The van der Waals surface area contributed by atoms with Crippen LogP contribution in [0, 0.1) is 5.92 Å². The average Bonchev–Trinajstić information content (AvgIpc) is 3.03. The van der Waals surface area contributed by atoms with Crippen LogP contribution in [0.3, 0.4) is 0 Å². The number of carbonyl (C=O) groups excluding carboxylic acids is 1. The minimum atomic E-state index is -4.30. The number of benzene rings is 1. The molecule has 0 N–H and O–H groups in total. The Morgan fingerprint density at radius 2 is 2.12 bits per heavy atom. The first-order valence-corrected chi connectivity index (χ1v) is 7.81. The fourth-order valence-electron chi connectivity index (χ4n) is 2.74. The predicted molar refractivity (Wildman–Crippen MR) is 81.6 cm³/mol. The number of piperidine rings is 1. The molecule has 1 aliphatic heterocycles. The van der Waals surface area contributed by atoms with Crippen LogP contribution >= 0.6 is 11.6 Å². The highest BCUT2D eigenvalue weighted by Crippen LogP contribution is 2.33. The van der Waals surface area contributed by atoms with Gasteiger partial charge in [-0.2, -0.15) is 13.2 Å². The van der Waals surface area contributed by atoms with Crippen LogP contribution in [0.2, 0.25) is 5.02 Å². The van der Waals surface area contributed by atoms with E-state index in [-0.39, 0.29) is 25.2 Å². The van der Waals surface area contributed by atoms with Gasteiger partial charge in [0.15, 0.2) is 11.5 Å². The second-order valence-corrected chi connectivity index (χ2v) is 6.16. The van der Waals surface area contributed by atoms with Crippen LogP contribution < -0.4 is 0 Å². The molecule has 0 spiro atoms. The summed E-state index contributed by atoms with van der Waals surface area (Å²) in [5.74, 6) is -1.71. The lowest BCUT2D eigenvalue weighted by molar-refractivity contribution is -0.184. The molecule has 0 aliphatic carbocycles. The molecule has 0 saturated carbocycles. The smallest absolute Gasteiger partial charge is 0.355 e. The Bertz CT molecular complexity index is 745. The summed E-state index contributed by atoms with van der Waals surface area (Å²) in [6.07, 6.45) is -3.94. The third-order valence-electron chi connectivity index (χ3n) is 4.01. The number of aromatic nitrogens is 1. The lowest BCUT2D eigenvalue weighted by Crippen LogP contribution is -2.44. The van der Waals surface area contributed by atoms with E-state index in [1.54, 1.807) is 24.3 Å². The zero-order valence-electron chi connectivity index (χ0n) is 12.5. The van der Waals surface area contributed by atoms with Crippen LogP contribution in [-0.2, 0) is 0 Å². The van der Waals surface area contributed by atoms with E-state index in [0.717, 1.165) is 0 Å². The minimum absolute atomic E-state index is 0.00667. The topological polar surface area (TPSA) is 46.3 Å². The Morgan fingerprint density at radius 3 is 2.83 bits per heavy atom. The first-order valence-electron chi connectivity index (χ1n) is 7.43. The minimum Gasteiger partial charge on any atom is -0.355 e. The van der Waals surface area contributed by atoms with Gasteiger partial charge in [-0.15, -0.1) is 0 Å². The summed E-state index contributed by atoms with van der Waals surface area (Å²) in [6.45, 7) is -0.0630. The molecule has 0 bridgehead atoms. The van der Waals surface area contributed by atoms with Crippen LogP contribution in [-0.4, -0.2) is 35.2 Å². The number of hydrogen-bond acceptors (Lipinski definition) is 3. The molecule has 2 heterocycles. The number of amides is 1. The summed E-state index contributed by atoms with van der Waals surface area (Å²) in [5.41, 5.74) is 0.633. The largest absolute Gasteiger partial charge is 0.393 e. The highest BCUT2D eigenvalue weighted by molar-refractivity contribution is 6.30. The molecule has 1 unspecified atom stereocenters. The van der Waals surface area contributed by atoms with E-state index in [9.17, 15) is 18.0 Å². The van der Waals surface area contributed by atoms with Gasteiger partial charge in [0.05, 0.1) is 5.92 Å². The molecule has 24 heavy (non-hydrogen) atoms. The van der Waals surface area contributed by atoms with Crippen molar-refractivity contribution in [3.63, 3.8) is 0 Å². The van der Waals surface area contributed by atoms with Gasteiger partial charge in [0.1, 0.15) is 0 Å². The normalized spacial score (nSPS) is 18.7. The highest BCUT2D eigenvalue weighted by atomic mass is 35.5. The number of halogens is 4. The third-order valence-corrected chi connectivity index (χ3v) is 4.25. The molecule has 1 fully saturated rings. The lowest BCUT2D eigenvalue weighted by atomic mass is 9.97. The first-order chi connectivity index (χ1) is 11.3. The molecule has 128 valence electrons. The van der Waals surface area contributed by atoms with E-state index < -0.39 is 18.0 Å². The van der Waals surface area contributed by atoms with Crippen molar-refractivity contribution in [3.05, 3.63) is 41.0 Å². The zero-order valence-corrected chi connectivity index (χ0v) is 13.3. The average molecular weight is 359 g/mol. The summed E-state index contributed by atoms with van der Waals surface area (Å²) in [6, 6.07) is 8.22.